The first-order valence-electron chi connectivity index (χ1n) is 7.57. The highest BCUT2D eigenvalue weighted by Gasteiger charge is 2.55. The number of hydrogen-bond acceptors (Lipinski definition) is 1. The Bertz CT molecular complexity index is 419. The molecular formula is C17H32OSi2. The van der Waals surface area contributed by atoms with Crippen molar-refractivity contribution in [2.75, 3.05) is 0 Å². The maximum Gasteiger partial charge on any atom is 0.184 e. The average molecular weight is 309 g/mol. The topological polar surface area (TPSA) is 9.23 Å². The Labute approximate surface area is 127 Å². The van der Waals surface area contributed by atoms with Crippen LogP contribution in [-0.2, 0) is 9.65 Å². The molecule has 0 saturated heterocycles. The van der Waals surface area contributed by atoms with Gasteiger partial charge in [-0.2, -0.15) is 0 Å². The Morgan fingerprint density at radius 1 is 0.800 bits per heavy atom. The van der Waals surface area contributed by atoms with Crippen LogP contribution in [0.3, 0.4) is 0 Å². The van der Waals surface area contributed by atoms with Gasteiger partial charge in [-0.05, 0) is 30.6 Å². The van der Waals surface area contributed by atoms with Gasteiger partial charge in [0.25, 0.3) is 0 Å². The van der Waals surface area contributed by atoms with E-state index in [4.69, 9.17) is 4.43 Å². The largest absolute Gasteiger partial charge is 0.411 e. The van der Waals surface area contributed by atoms with E-state index >= 15 is 0 Å². The fourth-order valence-electron chi connectivity index (χ4n) is 3.49. The minimum Gasteiger partial charge on any atom is -0.411 e. The molecule has 0 aliphatic rings. The van der Waals surface area contributed by atoms with E-state index in [1.54, 1.807) is 0 Å². The second kappa shape index (κ2) is 5.43. The Morgan fingerprint density at radius 2 is 1.25 bits per heavy atom. The molecule has 0 radical (unpaired) electrons. The smallest absolute Gasteiger partial charge is 0.184 e. The van der Waals surface area contributed by atoms with Crippen LogP contribution in [-0.4, -0.2) is 16.4 Å². The van der Waals surface area contributed by atoms with Gasteiger partial charge in [0, 0.05) is 0 Å². The molecule has 1 aromatic rings. The highest BCUT2D eigenvalue weighted by atomic mass is 28.4. The molecule has 1 atom stereocenters. The molecule has 3 heteroatoms. The van der Waals surface area contributed by atoms with Crippen LogP contribution in [0.5, 0.6) is 0 Å². The van der Waals surface area contributed by atoms with Gasteiger partial charge in [0.1, 0.15) is 0 Å². The van der Waals surface area contributed by atoms with E-state index in [2.05, 4.69) is 90.4 Å². The first-order valence-corrected chi connectivity index (χ1v) is 14.5. The molecule has 0 heterocycles. The van der Waals surface area contributed by atoms with E-state index in [0.717, 1.165) is 0 Å². The third-order valence-electron chi connectivity index (χ3n) is 3.75. The fourth-order valence-corrected chi connectivity index (χ4v) is 10.3. The molecule has 0 fully saturated rings. The minimum atomic E-state index is -1.66. The summed E-state index contributed by atoms with van der Waals surface area (Å²) in [5, 5.41) is -0.147. The van der Waals surface area contributed by atoms with Gasteiger partial charge in [-0.15, -0.1) is 0 Å². The third kappa shape index (κ3) is 3.44. The minimum absolute atomic E-state index is 0.0824. The number of benzene rings is 1. The van der Waals surface area contributed by atoms with Crippen molar-refractivity contribution in [2.45, 2.75) is 65.3 Å². The number of hydrogen-bond donors (Lipinski definition) is 0. The molecule has 0 aliphatic carbocycles. The summed E-state index contributed by atoms with van der Waals surface area (Å²) in [5.74, 6) is 0. The van der Waals surface area contributed by atoms with Crippen molar-refractivity contribution in [1.82, 2.24) is 0 Å². The van der Waals surface area contributed by atoms with Crippen LogP contribution in [0.4, 0.5) is 0 Å². The Kier molecular flexibility index (Phi) is 4.80. The van der Waals surface area contributed by atoms with E-state index in [1.165, 1.54) is 5.56 Å². The van der Waals surface area contributed by atoms with Crippen LogP contribution in [0.1, 0.15) is 26.3 Å². The van der Waals surface area contributed by atoms with Crippen LogP contribution in [0, 0.1) is 5.41 Å². The van der Waals surface area contributed by atoms with Crippen LogP contribution >= 0.6 is 0 Å². The summed E-state index contributed by atoms with van der Waals surface area (Å²) in [7, 11) is -3.27. The molecule has 20 heavy (non-hydrogen) atoms. The van der Waals surface area contributed by atoms with E-state index in [1.807, 2.05) is 0 Å². The zero-order valence-electron chi connectivity index (χ0n) is 14.8. The lowest BCUT2D eigenvalue weighted by atomic mass is 9.83. The summed E-state index contributed by atoms with van der Waals surface area (Å²) in [6, 6.07) is 10.9. The second-order valence-electron chi connectivity index (χ2n) is 8.76. The molecule has 0 aromatic heterocycles. The second-order valence-corrected chi connectivity index (χ2v) is 18.4. The van der Waals surface area contributed by atoms with Crippen LogP contribution in [0.25, 0.3) is 0 Å². The van der Waals surface area contributed by atoms with Crippen LogP contribution < -0.4 is 0 Å². The monoisotopic (exact) mass is 308 g/mol. The molecule has 0 N–H and O–H groups in total. The molecule has 114 valence electrons. The van der Waals surface area contributed by atoms with Crippen molar-refractivity contribution >= 4 is 16.4 Å². The zero-order valence-corrected chi connectivity index (χ0v) is 16.8. The lowest BCUT2D eigenvalue weighted by molar-refractivity contribution is 0.0220. The van der Waals surface area contributed by atoms with E-state index in [-0.39, 0.29) is 10.6 Å². The maximum atomic E-state index is 6.94. The summed E-state index contributed by atoms with van der Waals surface area (Å²) in [4.78, 5) is 0. The summed E-state index contributed by atoms with van der Waals surface area (Å²) in [5.41, 5.74) is 1.44. The molecule has 0 aliphatic heterocycles. The van der Waals surface area contributed by atoms with Gasteiger partial charge >= 0.3 is 0 Å². The molecule has 1 rings (SSSR count). The van der Waals surface area contributed by atoms with Gasteiger partial charge in [0.15, 0.2) is 8.32 Å². The van der Waals surface area contributed by atoms with E-state index in [0.29, 0.717) is 0 Å². The first-order chi connectivity index (χ1) is 8.81. The lowest BCUT2D eigenvalue weighted by Gasteiger charge is -2.55. The van der Waals surface area contributed by atoms with Gasteiger partial charge in [0.05, 0.1) is 13.3 Å². The Morgan fingerprint density at radius 3 is 1.55 bits per heavy atom. The van der Waals surface area contributed by atoms with E-state index in [9.17, 15) is 0 Å². The quantitative estimate of drug-likeness (QED) is 0.652. The molecule has 0 saturated carbocycles. The van der Waals surface area contributed by atoms with Gasteiger partial charge in [-0.25, -0.2) is 0 Å². The Hall–Kier alpha value is -0.386. The standard InChI is InChI=1S/C17H32OSi2/c1-16(2,3)17(19(4,5)6,18-20(7,8)9)15-13-11-10-12-14-15/h10-14H,1-9H3. The molecule has 0 bridgehead atoms. The fraction of sp³-hybridized carbons (Fsp3) is 0.647. The molecule has 1 aromatic carbocycles. The van der Waals surface area contributed by atoms with Gasteiger partial charge in [0.2, 0.25) is 0 Å². The number of rotatable bonds is 4. The summed E-state index contributed by atoms with van der Waals surface area (Å²) >= 11 is 0. The van der Waals surface area contributed by atoms with Crippen molar-refractivity contribution in [3.8, 4) is 0 Å². The molecule has 1 unspecified atom stereocenters. The van der Waals surface area contributed by atoms with Gasteiger partial charge < -0.3 is 4.43 Å². The summed E-state index contributed by atoms with van der Waals surface area (Å²) in [6.07, 6.45) is 0. The predicted octanol–water partition coefficient (Wildman–Crippen LogP) is 5.66. The first kappa shape index (κ1) is 17.7. The van der Waals surface area contributed by atoms with Gasteiger partial charge in [-0.3, -0.25) is 0 Å². The van der Waals surface area contributed by atoms with E-state index < -0.39 is 16.4 Å². The van der Waals surface area contributed by atoms with Crippen molar-refractivity contribution in [3.63, 3.8) is 0 Å². The predicted molar refractivity (Wildman–Crippen MR) is 95.4 cm³/mol. The van der Waals surface area contributed by atoms with Crippen molar-refractivity contribution in [1.29, 1.82) is 0 Å². The lowest BCUT2D eigenvalue weighted by Crippen LogP contribution is -2.62. The van der Waals surface area contributed by atoms with Crippen LogP contribution in [0.2, 0.25) is 39.3 Å². The molecule has 1 nitrogen and oxygen atoms in total. The maximum absolute atomic E-state index is 6.94. The average Bonchev–Trinajstić information content (AvgIpc) is 2.22. The van der Waals surface area contributed by atoms with Crippen molar-refractivity contribution in [3.05, 3.63) is 35.9 Å². The van der Waals surface area contributed by atoms with Crippen LogP contribution in [0.15, 0.2) is 30.3 Å². The normalized spacial score (nSPS) is 16.9. The Balaban J connectivity index is 3.61. The SMILES string of the molecule is CC(C)(C)C(O[Si](C)(C)C)(c1ccccc1)[Si](C)(C)C. The molecular weight excluding hydrogens is 276 g/mol. The third-order valence-corrected chi connectivity index (χ3v) is 8.13. The van der Waals surface area contributed by atoms with Gasteiger partial charge in [-0.1, -0.05) is 70.7 Å². The highest BCUT2D eigenvalue weighted by Crippen LogP contribution is 2.50. The summed E-state index contributed by atoms with van der Waals surface area (Å²) in [6.45, 7) is 21.2. The summed E-state index contributed by atoms with van der Waals surface area (Å²) < 4.78 is 6.94. The molecule has 0 spiro atoms. The van der Waals surface area contributed by atoms with Crippen molar-refractivity contribution < 1.29 is 4.43 Å². The highest BCUT2D eigenvalue weighted by molar-refractivity contribution is 6.80. The molecule has 0 amide bonds. The zero-order chi connectivity index (χ0) is 15.8. The van der Waals surface area contributed by atoms with Crippen molar-refractivity contribution in [2.24, 2.45) is 5.41 Å².